The van der Waals surface area contributed by atoms with E-state index in [1.54, 1.807) is 4.90 Å². The maximum Gasteiger partial charge on any atom is 0.233 e. The van der Waals surface area contributed by atoms with E-state index in [4.69, 9.17) is 16.9 Å². The zero-order valence-electron chi connectivity index (χ0n) is 12.5. The van der Waals surface area contributed by atoms with Gasteiger partial charge in [0, 0.05) is 18.1 Å². The third-order valence-corrected chi connectivity index (χ3v) is 3.79. The van der Waals surface area contributed by atoms with E-state index in [-0.39, 0.29) is 11.8 Å². The van der Waals surface area contributed by atoms with Crippen molar-refractivity contribution in [1.29, 1.82) is 5.26 Å². The number of hydrogen-bond acceptors (Lipinski definition) is 2. The van der Waals surface area contributed by atoms with Gasteiger partial charge in [0.2, 0.25) is 5.91 Å². The van der Waals surface area contributed by atoms with Crippen LogP contribution in [-0.4, -0.2) is 18.3 Å². The molecule has 1 rings (SSSR count). The quantitative estimate of drug-likeness (QED) is 0.775. The van der Waals surface area contributed by atoms with E-state index in [0.29, 0.717) is 13.0 Å². The number of nitriles is 1. The Labute approximate surface area is 126 Å². The highest BCUT2D eigenvalue weighted by molar-refractivity contribution is 6.20. The van der Waals surface area contributed by atoms with Gasteiger partial charge in [-0.3, -0.25) is 4.79 Å². The Morgan fingerprint density at radius 1 is 1.30 bits per heavy atom. The monoisotopic (exact) mass is 292 g/mol. The Kier molecular flexibility index (Phi) is 5.59. The lowest BCUT2D eigenvalue weighted by Gasteiger charge is -2.30. The third kappa shape index (κ3) is 3.98. The number of carbonyl (C=O) groups excluding carboxylic acids is 1. The van der Waals surface area contributed by atoms with Crippen LogP contribution in [0, 0.1) is 30.6 Å². The van der Waals surface area contributed by atoms with Crippen LogP contribution in [0.1, 0.15) is 31.4 Å². The van der Waals surface area contributed by atoms with Gasteiger partial charge in [0.1, 0.15) is 0 Å². The van der Waals surface area contributed by atoms with Crippen molar-refractivity contribution in [3.05, 3.63) is 29.3 Å². The first-order valence-corrected chi connectivity index (χ1v) is 7.18. The van der Waals surface area contributed by atoms with Crippen molar-refractivity contribution >= 4 is 23.2 Å². The summed E-state index contributed by atoms with van der Waals surface area (Å²) in [5, 5.41) is 8.80. The minimum Gasteiger partial charge on any atom is -0.311 e. The summed E-state index contributed by atoms with van der Waals surface area (Å²) in [6.07, 6.45) is 0.303. The number of hydrogen-bond donors (Lipinski definition) is 0. The summed E-state index contributed by atoms with van der Waals surface area (Å²) in [4.78, 5) is 14.3. The highest BCUT2D eigenvalue weighted by atomic mass is 35.5. The fourth-order valence-electron chi connectivity index (χ4n) is 2.04. The molecule has 0 saturated heterocycles. The van der Waals surface area contributed by atoms with Gasteiger partial charge in [-0.25, -0.2) is 0 Å². The van der Waals surface area contributed by atoms with Crippen LogP contribution in [0.15, 0.2) is 18.2 Å². The molecule has 0 spiro atoms. The van der Waals surface area contributed by atoms with Crippen molar-refractivity contribution in [2.24, 2.45) is 5.41 Å². The largest absolute Gasteiger partial charge is 0.311 e. The molecule has 1 amide bonds. The van der Waals surface area contributed by atoms with Gasteiger partial charge in [-0.2, -0.15) is 5.26 Å². The van der Waals surface area contributed by atoms with Crippen LogP contribution in [0.2, 0.25) is 0 Å². The smallest absolute Gasteiger partial charge is 0.233 e. The number of aryl methyl sites for hydroxylation is 2. The molecule has 0 unspecified atom stereocenters. The summed E-state index contributed by atoms with van der Waals surface area (Å²) in [5.41, 5.74) is 2.38. The van der Waals surface area contributed by atoms with Crippen LogP contribution >= 0.6 is 11.6 Å². The highest BCUT2D eigenvalue weighted by Gasteiger charge is 2.32. The van der Waals surface area contributed by atoms with Crippen LogP contribution in [0.3, 0.4) is 0 Å². The Morgan fingerprint density at radius 2 is 1.85 bits per heavy atom. The lowest BCUT2D eigenvalue weighted by Crippen LogP contribution is -2.42. The molecule has 0 radical (unpaired) electrons. The fourth-order valence-corrected chi connectivity index (χ4v) is 2.15. The maximum atomic E-state index is 12.7. The van der Waals surface area contributed by atoms with Crippen LogP contribution < -0.4 is 4.90 Å². The fraction of sp³-hybridized carbons (Fsp3) is 0.500. The molecule has 0 aliphatic heterocycles. The van der Waals surface area contributed by atoms with Crippen LogP contribution in [-0.2, 0) is 4.79 Å². The first-order valence-electron chi connectivity index (χ1n) is 6.65. The average Bonchev–Trinajstić information content (AvgIpc) is 2.37. The molecule has 0 aromatic heterocycles. The molecule has 4 heteroatoms. The number of alkyl halides is 1. The summed E-state index contributed by atoms with van der Waals surface area (Å²) in [7, 11) is 0. The van der Waals surface area contributed by atoms with Gasteiger partial charge >= 0.3 is 0 Å². The number of nitrogens with zero attached hydrogens (tertiary/aromatic N) is 2. The second-order valence-corrected chi connectivity index (χ2v) is 6.00. The zero-order chi connectivity index (χ0) is 15.3. The third-order valence-electron chi connectivity index (χ3n) is 3.12. The number of rotatable bonds is 5. The molecule has 3 nitrogen and oxygen atoms in total. The molecule has 0 bridgehead atoms. The van der Waals surface area contributed by atoms with Gasteiger partial charge in [0.05, 0.1) is 17.9 Å². The van der Waals surface area contributed by atoms with Crippen molar-refractivity contribution in [3.8, 4) is 6.07 Å². The second kappa shape index (κ2) is 6.76. The molecular formula is C16H21ClN2O. The predicted molar refractivity (Wildman–Crippen MR) is 83.0 cm³/mol. The van der Waals surface area contributed by atoms with E-state index in [9.17, 15) is 4.79 Å². The molecule has 108 valence electrons. The Balaban J connectivity index is 3.18. The minimum absolute atomic E-state index is 0.0484. The molecule has 1 aromatic carbocycles. The van der Waals surface area contributed by atoms with E-state index >= 15 is 0 Å². The number of halogens is 1. The summed E-state index contributed by atoms with van der Waals surface area (Å²) < 4.78 is 0. The molecule has 0 aliphatic rings. The number of benzene rings is 1. The molecule has 0 fully saturated rings. The summed E-state index contributed by atoms with van der Waals surface area (Å²) >= 11 is 5.90. The van der Waals surface area contributed by atoms with Crippen molar-refractivity contribution < 1.29 is 4.79 Å². The summed E-state index contributed by atoms with van der Waals surface area (Å²) in [5.74, 6) is 0.201. The van der Waals surface area contributed by atoms with Crippen molar-refractivity contribution in [3.63, 3.8) is 0 Å². The lowest BCUT2D eigenvalue weighted by molar-refractivity contribution is -0.125. The summed E-state index contributed by atoms with van der Waals surface area (Å²) in [6, 6.07) is 8.08. The minimum atomic E-state index is -0.644. The van der Waals surface area contributed by atoms with E-state index in [1.807, 2.05) is 39.8 Å². The standard InChI is InChI=1S/C16H21ClN2O/c1-12-8-13(2)10-14(9-12)19(7-5-6-18)15(20)16(3,4)11-17/h8-10H,5,7,11H2,1-4H3. The maximum absolute atomic E-state index is 12.7. The lowest BCUT2D eigenvalue weighted by atomic mass is 9.93. The van der Waals surface area contributed by atoms with Gasteiger partial charge in [-0.1, -0.05) is 6.07 Å². The van der Waals surface area contributed by atoms with E-state index in [0.717, 1.165) is 16.8 Å². The Hall–Kier alpha value is -1.53. The van der Waals surface area contributed by atoms with Gasteiger partial charge in [0.15, 0.2) is 0 Å². The van der Waals surface area contributed by atoms with Crippen LogP contribution in [0.5, 0.6) is 0 Å². The number of amides is 1. The molecule has 20 heavy (non-hydrogen) atoms. The molecule has 0 heterocycles. The average molecular weight is 293 g/mol. The van der Waals surface area contributed by atoms with Gasteiger partial charge in [-0.15, -0.1) is 11.6 Å². The number of carbonyl (C=O) groups is 1. The van der Waals surface area contributed by atoms with E-state index in [2.05, 4.69) is 12.1 Å². The molecule has 0 aliphatic carbocycles. The van der Waals surface area contributed by atoms with Crippen molar-refractivity contribution in [2.45, 2.75) is 34.1 Å². The normalized spacial score (nSPS) is 11.0. The molecule has 1 aromatic rings. The topological polar surface area (TPSA) is 44.1 Å². The summed E-state index contributed by atoms with van der Waals surface area (Å²) in [6.45, 7) is 8.03. The Bertz CT molecular complexity index is 512. The van der Waals surface area contributed by atoms with E-state index < -0.39 is 5.41 Å². The molecule has 0 atom stereocenters. The second-order valence-electron chi connectivity index (χ2n) is 5.73. The first kappa shape index (κ1) is 16.5. The van der Waals surface area contributed by atoms with Crippen LogP contribution in [0.4, 0.5) is 5.69 Å². The van der Waals surface area contributed by atoms with E-state index in [1.165, 1.54) is 0 Å². The van der Waals surface area contributed by atoms with Crippen molar-refractivity contribution in [2.75, 3.05) is 17.3 Å². The zero-order valence-corrected chi connectivity index (χ0v) is 13.3. The molecule has 0 N–H and O–H groups in total. The van der Waals surface area contributed by atoms with Gasteiger partial charge in [-0.05, 0) is 51.0 Å². The first-order chi connectivity index (χ1) is 9.31. The number of anilines is 1. The molecular weight excluding hydrogens is 272 g/mol. The molecule has 0 saturated carbocycles. The van der Waals surface area contributed by atoms with Gasteiger partial charge in [0.25, 0.3) is 0 Å². The van der Waals surface area contributed by atoms with Crippen molar-refractivity contribution in [1.82, 2.24) is 0 Å². The van der Waals surface area contributed by atoms with Gasteiger partial charge < -0.3 is 4.90 Å². The SMILES string of the molecule is Cc1cc(C)cc(N(CCC#N)C(=O)C(C)(C)CCl)c1. The van der Waals surface area contributed by atoms with Crippen LogP contribution in [0.25, 0.3) is 0 Å². The predicted octanol–water partition coefficient (Wildman–Crippen LogP) is 3.82. The highest BCUT2D eigenvalue weighted by Crippen LogP contribution is 2.26. The Morgan fingerprint density at radius 3 is 2.30 bits per heavy atom.